The maximum atomic E-state index is 5.51. The van der Waals surface area contributed by atoms with E-state index in [4.69, 9.17) is 9.47 Å². The van der Waals surface area contributed by atoms with Gasteiger partial charge in [-0.15, -0.1) is 0 Å². The molecule has 3 rings (SSSR count). The molecule has 8 heteroatoms. The van der Waals surface area contributed by atoms with Crippen LogP contribution in [0.25, 0.3) is 16.9 Å². The highest BCUT2D eigenvalue weighted by Crippen LogP contribution is 2.30. The maximum Gasteiger partial charge on any atom is 0.201 e. The van der Waals surface area contributed by atoms with Crippen LogP contribution in [0.2, 0.25) is 0 Å². The zero-order valence-electron chi connectivity index (χ0n) is 12.1. The second kappa shape index (κ2) is 5.49. The highest BCUT2D eigenvalue weighted by molar-refractivity contribution is 5.73. The molecule has 8 nitrogen and oxygen atoms in total. The lowest BCUT2D eigenvalue weighted by Gasteiger charge is -2.11. The summed E-state index contributed by atoms with van der Waals surface area (Å²) in [6.45, 7) is 4.51. The fraction of sp³-hybridized carbons (Fsp3) is 0.385. The number of fused-ring (bicyclic) bond motifs is 1. The number of ether oxygens (including phenoxy) is 2. The average Bonchev–Trinajstić information content (AvgIpc) is 3.15. The third kappa shape index (κ3) is 2.33. The van der Waals surface area contributed by atoms with Gasteiger partial charge in [0.2, 0.25) is 5.65 Å². The Labute approximate surface area is 121 Å². The summed E-state index contributed by atoms with van der Waals surface area (Å²) in [5.74, 6) is 0.568. The van der Waals surface area contributed by atoms with Crippen molar-refractivity contribution >= 4 is 5.65 Å². The van der Waals surface area contributed by atoms with E-state index in [0.717, 1.165) is 5.56 Å². The molecular weight excluding hydrogens is 272 g/mol. The van der Waals surface area contributed by atoms with E-state index < -0.39 is 0 Å². The molecule has 0 aliphatic rings. The Bertz CT molecular complexity index is 750. The molecular formula is C13H16N6O2. The molecule has 0 amide bonds. The summed E-state index contributed by atoms with van der Waals surface area (Å²) >= 11 is 0. The Balaban J connectivity index is 2.04. The van der Waals surface area contributed by atoms with Crippen LogP contribution in [-0.2, 0) is 4.74 Å². The van der Waals surface area contributed by atoms with Gasteiger partial charge in [0.05, 0.1) is 13.3 Å². The van der Waals surface area contributed by atoms with Crippen LogP contribution in [0.4, 0.5) is 0 Å². The molecule has 1 atom stereocenters. The number of hydrogen-bond donors (Lipinski definition) is 0. The summed E-state index contributed by atoms with van der Waals surface area (Å²) < 4.78 is 14.3. The molecule has 0 aromatic carbocycles. The van der Waals surface area contributed by atoms with Gasteiger partial charge in [0.15, 0.2) is 5.75 Å². The largest absolute Gasteiger partial charge is 0.491 e. The highest BCUT2D eigenvalue weighted by Gasteiger charge is 2.16. The fourth-order valence-corrected chi connectivity index (χ4v) is 2.14. The van der Waals surface area contributed by atoms with E-state index in [1.54, 1.807) is 28.8 Å². The van der Waals surface area contributed by atoms with Crippen LogP contribution in [0.5, 0.6) is 5.75 Å². The molecule has 3 heterocycles. The first kappa shape index (κ1) is 13.5. The van der Waals surface area contributed by atoms with Gasteiger partial charge in [0, 0.05) is 18.4 Å². The Hall–Kier alpha value is -2.48. The predicted octanol–water partition coefficient (Wildman–Crippen LogP) is 1.55. The van der Waals surface area contributed by atoms with E-state index in [0.29, 0.717) is 23.7 Å². The van der Waals surface area contributed by atoms with Crippen LogP contribution in [0.1, 0.15) is 20.1 Å². The van der Waals surface area contributed by atoms with Gasteiger partial charge in [-0.2, -0.15) is 14.7 Å². The minimum Gasteiger partial charge on any atom is -0.491 e. The molecule has 0 spiro atoms. The zero-order chi connectivity index (χ0) is 14.8. The Morgan fingerprint density at radius 1 is 1.29 bits per heavy atom. The Morgan fingerprint density at radius 3 is 2.90 bits per heavy atom. The first-order valence-electron chi connectivity index (χ1n) is 6.63. The van der Waals surface area contributed by atoms with Crippen molar-refractivity contribution in [3.05, 3.63) is 25.0 Å². The Kier molecular flexibility index (Phi) is 3.53. The minimum atomic E-state index is -0.133. The van der Waals surface area contributed by atoms with Crippen molar-refractivity contribution < 1.29 is 9.47 Å². The smallest absolute Gasteiger partial charge is 0.201 e. The molecule has 1 unspecified atom stereocenters. The molecule has 0 radical (unpaired) electrons. The van der Waals surface area contributed by atoms with Crippen molar-refractivity contribution in [2.24, 2.45) is 0 Å². The lowest BCUT2D eigenvalue weighted by Crippen LogP contribution is -2.09. The molecule has 0 fully saturated rings. The first-order chi connectivity index (χ1) is 10.2. The molecule has 0 aliphatic heterocycles. The third-order valence-electron chi connectivity index (χ3n) is 3.15. The normalized spacial score (nSPS) is 12.7. The number of rotatable bonds is 5. The van der Waals surface area contributed by atoms with Gasteiger partial charge in [0.1, 0.15) is 24.6 Å². The topological polar surface area (TPSA) is 79.4 Å². The van der Waals surface area contributed by atoms with Crippen LogP contribution in [0.15, 0.2) is 25.0 Å². The standard InChI is InChI=1S/C13H16N6O2/c1-4-21-9(2)18-6-10(5-16-18)11-12(20-3)13-14-7-17-19(13)8-15-11/h5-9H,4H2,1-3H3. The van der Waals surface area contributed by atoms with E-state index in [-0.39, 0.29) is 6.23 Å². The molecule has 0 saturated heterocycles. The zero-order valence-corrected chi connectivity index (χ0v) is 12.1. The quantitative estimate of drug-likeness (QED) is 0.708. The molecule has 21 heavy (non-hydrogen) atoms. The average molecular weight is 288 g/mol. The number of methoxy groups -OCH3 is 1. The molecule has 3 aromatic heterocycles. The van der Waals surface area contributed by atoms with Gasteiger partial charge in [0.25, 0.3) is 0 Å². The van der Waals surface area contributed by atoms with Crippen LogP contribution in [-0.4, -0.2) is 43.1 Å². The van der Waals surface area contributed by atoms with Gasteiger partial charge >= 0.3 is 0 Å². The molecule has 3 aromatic rings. The summed E-state index contributed by atoms with van der Waals surface area (Å²) in [6.07, 6.45) is 6.53. The van der Waals surface area contributed by atoms with Crippen LogP contribution in [0.3, 0.4) is 0 Å². The summed E-state index contributed by atoms with van der Waals surface area (Å²) in [5.41, 5.74) is 2.13. The van der Waals surface area contributed by atoms with E-state index in [1.165, 1.54) is 6.33 Å². The summed E-state index contributed by atoms with van der Waals surface area (Å²) in [6, 6.07) is 0. The molecule has 0 N–H and O–H groups in total. The lowest BCUT2D eigenvalue weighted by atomic mass is 10.2. The summed E-state index contributed by atoms with van der Waals surface area (Å²) in [7, 11) is 1.59. The van der Waals surface area contributed by atoms with Crippen LogP contribution >= 0.6 is 0 Å². The maximum absolute atomic E-state index is 5.51. The number of nitrogens with zero attached hydrogens (tertiary/aromatic N) is 6. The van der Waals surface area contributed by atoms with Crippen molar-refractivity contribution in [1.82, 2.24) is 29.4 Å². The molecule has 0 bridgehead atoms. The monoisotopic (exact) mass is 288 g/mol. The second-order valence-electron chi connectivity index (χ2n) is 4.42. The molecule has 0 saturated carbocycles. The van der Waals surface area contributed by atoms with Gasteiger partial charge in [-0.05, 0) is 13.8 Å². The van der Waals surface area contributed by atoms with E-state index in [2.05, 4.69) is 20.2 Å². The third-order valence-corrected chi connectivity index (χ3v) is 3.15. The lowest BCUT2D eigenvalue weighted by molar-refractivity contribution is 0.0160. The summed E-state index contributed by atoms with van der Waals surface area (Å²) in [5, 5.41) is 8.35. The first-order valence-corrected chi connectivity index (χ1v) is 6.63. The van der Waals surface area contributed by atoms with E-state index >= 15 is 0 Å². The predicted molar refractivity (Wildman–Crippen MR) is 74.9 cm³/mol. The molecule has 110 valence electrons. The molecule has 0 aliphatic carbocycles. The van der Waals surface area contributed by atoms with Crippen molar-refractivity contribution in [3.63, 3.8) is 0 Å². The Morgan fingerprint density at radius 2 is 2.14 bits per heavy atom. The minimum absolute atomic E-state index is 0.133. The van der Waals surface area contributed by atoms with Gasteiger partial charge < -0.3 is 9.47 Å². The van der Waals surface area contributed by atoms with E-state index in [9.17, 15) is 0 Å². The summed E-state index contributed by atoms with van der Waals surface area (Å²) in [4.78, 5) is 8.56. The highest BCUT2D eigenvalue weighted by atomic mass is 16.5. The number of aromatic nitrogens is 6. The van der Waals surface area contributed by atoms with Gasteiger partial charge in [-0.1, -0.05) is 0 Å². The van der Waals surface area contributed by atoms with Crippen LogP contribution < -0.4 is 4.74 Å². The van der Waals surface area contributed by atoms with E-state index in [1.807, 2.05) is 20.0 Å². The van der Waals surface area contributed by atoms with Gasteiger partial charge in [-0.3, -0.25) is 0 Å². The van der Waals surface area contributed by atoms with Crippen molar-refractivity contribution in [1.29, 1.82) is 0 Å². The second-order valence-corrected chi connectivity index (χ2v) is 4.42. The van der Waals surface area contributed by atoms with Crippen LogP contribution in [0, 0.1) is 0 Å². The van der Waals surface area contributed by atoms with Gasteiger partial charge in [-0.25, -0.2) is 14.6 Å². The van der Waals surface area contributed by atoms with Crippen molar-refractivity contribution in [2.45, 2.75) is 20.1 Å². The van der Waals surface area contributed by atoms with Crippen molar-refractivity contribution in [2.75, 3.05) is 13.7 Å². The fourth-order valence-electron chi connectivity index (χ4n) is 2.14. The van der Waals surface area contributed by atoms with Crippen molar-refractivity contribution in [3.8, 4) is 17.0 Å². The SMILES string of the molecule is CCOC(C)n1cc(-c2ncn3ncnc3c2OC)cn1. The number of hydrogen-bond acceptors (Lipinski definition) is 6.